The normalized spacial score (nSPS) is 15.6. The smallest absolute Gasteiger partial charge is 0.337 e. The summed E-state index contributed by atoms with van der Waals surface area (Å²) in [6.45, 7) is 5.30. The van der Waals surface area contributed by atoms with Gasteiger partial charge in [-0.1, -0.05) is 36.4 Å². The second-order valence-electron chi connectivity index (χ2n) is 6.50. The summed E-state index contributed by atoms with van der Waals surface area (Å²) in [6.07, 6.45) is 1.47. The number of hydrogen-bond donors (Lipinski definition) is 1. The molecule has 1 N–H and O–H groups in total. The number of anilines is 1. The van der Waals surface area contributed by atoms with Gasteiger partial charge in [0.15, 0.2) is 0 Å². The number of nitrogens with zero attached hydrogens (tertiary/aromatic N) is 2. The monoisotopic (exact) mass is 401 g/mol. The van der Waals surface area contributed by atoms with Crippen LogP contribution in [0.1, 0.15) is 24.0 Å². The summed E-state index contributed by atoms with van der Waals surface area (Å²) < 4.78 is 7.64. The number of ether oxygens (including phenoxy) is 1. The zero-order chi connectivity index (χ0) is 20.6. The van der Waals surface area contributed by atoms with Crippen LogP contribution in [0, 0.1) is 0 Å². The molecule has 0 radical (unpaired) electrons. The molecule has 2 heterocycles. The van der Waals surface area contributed by atoms with E-state index >= 15 is 0 Å². The second-order valence-corrected chi connectivity index (χ2v) is 6.94. The Morgan fingerprint density at radius 3 is 2.50 bits per heavy atom. The molecule has 1 aliphatic heterocycles. The van der Waals surface area contributed by atoms with Crippen LogP contribution >= 0.6 is 11.6 Å². The largest absolute Gasteiger partial charge is 0.458 e. The number of rotatable bonds is 4. The molecule has 146 valence electrons. The summed E-state index contributed by atoms with van der Waals surface area (Å²) in [5.41, 5.74) is 0.844. The fourth-order valence-electron chi connectivity index (χ4n) is 3.36. The first-order valence-electron chi connectivity index (χ1n) is 8.59. The van der Waals surface area contributed by atoms with Crippen LogP contribution in [0.5, 0.6) is 0 Å². The maximum absolute atomic E-state index is 13.0. The van der Waals surface area contributed by atoms with Crippen molar-refractivity contribution in [2.45, 2.75) is 12.8 Å². The van der Waals surface area contributed by atoms with Gasteiger partial charge >= 0.3 is 11.7 Å². The lowest BCUT2D eigenvalue weighted by Gasteiger charge is -2.30. The van der Waals surface area contributed by atoms with Crippen LogP contribution in [0.25, 0.3) is 0 Å². The number of allylic oxidation sites excluding steroid dienone is 1. The van der Waals surface area contributed by atoms with Gasteiger partial charge in [-0.25, -0.2) is 9.59 Å². The third-order valence-electron chi connectivity index (χ3n) is 4.74. The van der Waals surface area contributed by atoms with E-state index in [1.54, 1.807) is 38.2 Å². The average Bonchev–Trinajstić information content (AvgIpc) is 2.68. The van der Waals surface area contributed by atoms with E-state index in [9.17, 15) is 14.4 Å². The van der Waals surface area contributed by atoms with Crippen LogP contribution < -0.4 is 16.6 Å². The fraction of sp³-hybridized carbons (Fsp3) is 0.250. The SMILES string of the molecule is C=CCOC(=O)C1=C(C)Nc2c(c(=O)n(C)c(=O)n2C)[C@H]1c1ccc(Cl)cc1. The van der Waals surface area contributed by atoms with Crippen molar-refractivity contribution in [3.8, 4) is 0 Å². The Kier molecular flexibility index (Phi) is 5.29. The number of fused-ring (bicyclic) bond motifs is 1. The molecule has 0 saturated carbocycles. The van der Waals surface area contributed by atoms with Crippen LogP contribution in [0.15, 0.2) is 57.8 Å². The molecule has 0 bridgehead atoms. The van der Waals surface area contributed by atoms with Crippen molar-refractivity contribution >= 4 is 23.4 Å². The number of nitrogens with one attached hydrogen (secondary N) is 1. The van der Waals surface area contributed by atoms with Crippen LogP contribution in [0.2, 0.25) is 5.02 Å². The molecule has 0 saturated heterocycles. The lowest BCUT2D eigenvalue weighted by Crippen LogP contribution is -2.43. The lowest BCUT2D eigenvalue weighted by atomic mass is 9.82. The highest BCUT2D eigenvalue weighted by Crippen LogP contribution is 2.40. The zero-order valence-corrected chi connectivity index (χ0v) is 16.5. The van der Waals surface area contributed by atoms with E-state index in [4.69, 9.17) is 16.3 Å². The predicted molar refractivity (Wildman–Crippen MR) is 108 cm³/mol. The Hall–Kier alpha value is -3.06. The number of carbonyl (C=O) groups excluding carboxylic acids is 1. The van der Waals surface area contributed by atoms with Crippen molar-refractivity contribution < 1.29 is 9.53 Å². The molecule has 1 atom stereocenters. The van der Waals surface area contributed by atoms with Crippen molar-refractivity contribution in [1.29, 1.82) is 0 Å². The Balaban J connectivity index is 2.33. The Labute approximate surface area is 166 Å². The molecule has 0 spiro atoms. The second kappa shape index (κ2) is 7.52. The van der Waals surface area contributed by atoms with Crippen LogP contribution in [0.4, 0.5) is 5.82 Å². The number of hydrogen-bond acceptors (Lipinski definition) is 5. The van der Waals surface area contributed by atoms with Crippen LogP contribution in [-0.4, -0.2) is 21.7 Å². The van der Waals surface area contributed by atoms with Crippen molar-refractivity contribution in [2.75, 3.05) is 11.9 Å². The molecule has 1 aromatic heterocycles. The first kappa shape index (κ1) is 19.7. The number of esters is 1. The first-order chi connectivity index (χ1) is 13.3. The van der Waals surface area contributed by atoms with Crippen molar-refractivity contribution in [3.05, 3.63) is 85.2 Å². The van der Waals surface area contributed by atoms with Gasteiger partial charge in [-0.3, -0.25) is 13.9 Å². The maximum atomic E-state index is 13.0. The number of halogens is 1. The average molecular weight is 402 g/mol. The summed E-state index contributed by atoms with van der Waals surface area (Å²) in [4.78, 5) is 38.2. The molecule has 28 heavy (non-hydrogen) atoms. The highest BCUT2D eigenvalue weighted by molar-refractivity contribution is 6.30. The lowest BCUT2D eigenvalue weighted by molar-refractivity contribution is -0.138. The van der Waals surface area contributed by atoms with Gasteiger partial charge < -0.3 is 10.1 Å². The van der Waals surface area contributed by atoms with E-state index in [1.165, 1.54) is 17.7 Å². The van der Waals surface area contributed by atoms with E-state index in [0.29, 0.717) is 33.2 Å². The Bertz CT molecular complexity index is 1110. The van der Waals surface area contributed by atoms with E-state index in [1.807, 2.05) is 0 Å². The number of benzene rings is 1. The van der Waals surface area contributed by atoms with Crippen molar-refractivity contribution in [2.24, 2.45) is 14.1 Å². The first-order valence-corrected chi connectivity index (χ1v) is 8.96. The van der Waals surface area contributed by atoms with Crippen molar-refractivity contribution in [3.63, 3.8) is 0 Å². The minimum atomic E-state index is -0.712. The standard InChI is InChI=1S/C20H20ClN3O4/c1-5-10-28-19(26)14-11(2)22-17-16(18(25)24(4)20(27)23(17)3)15(14)12-6-8-13(21)9-7-12/h5-9,15,22H,1,10H2,2-4H3/t15-/m0/s1. The minimum absolute atomic E-state index is 0.0428. The maximum Gasteiger partial charge on any atom is 0.337 e. The molecule has 0 aliphatic carbocycles. The number of carbonyl (C=O) groups is 1. The molecular weight excluding hydrogens is 382 g/mol. The van der Waals surface area contributed by atoms with Gasteiger partial charge in [0.25, 0.3) is 5.56 Å². The number of aromatic nitrogens is 2. The van der Waals surface area contributed by atoms with Crippen LogP contribution in [-0.2, 0) is 23.6 Å². The van der Waals surface area contributed by atoms with E-state index in [0.717, 1.165) is 4.57 Å². The quantitative estimate of drug-likeness (QED) is 0.628. The third-order valence-corrected chi connectivity index (χ3v) is 4.99. The highest BCUT2D eigenvalue weighted by atomic mass is 35.5. The van der Waals surface area contributed by atoms with Gasteiger partial charge in [0, 0.05) is 24.8 Å². The zero-order valence-electron chi connectivity index (χ0n) is 15.8. The molecule has 0 fully saturated rings. The Morgan fingerprint density at radius 2 is 1.89 bits per heavy atom. The third kappa shape index (κ3) is 3.18. The summed E-state index contributed by atoms with van der Waals surface area (Å²) in [7, 11) is 2.98. The van der Waals surface area contributed by atoms with Gasteiger partial charge in [0.1, 0.15) is 12.4 Å². The molecule has 0 amide bonds. The van der Waals surface area contributed by atoms with Gasteiger partial charge in [0.2, 0.25) is 0 Å². The molecule has 1 aromatic carbocycles. The topological polar surface area (TPSA) is 82.3 Å². The highest BCUT2D eigenvalue weighted by Gasteiger charge is 2.37. The molecule has 2 aromatic rings. The summed E-state index contributed by atoms with van der Waals surface area (Å²) >= 11 is 6.01. The van der Waals surface area contributed by atoms with Gasteiger partial charge in [-0.05, 0) is 24.6 Å². The Morgan fingerprint density at radius 1 is 1.25 bits per heavy atom. The van der Waals surface area contributed by atoms with Gasteiger partial charge in [-0.15, -0.1) is 0 Å². The minimum Gasteiger partial charge on any atom is -0.458 e. The molecule has 0 unspecified atom stereocenters. The molecular formula is C20H20ClN3O4. The molecule has 1 aliphatic rings. The molecule has 7 nitrogen and oxygen atoms in total. The summed E-state index contributed by atoms with van der Waals surface area (Å²) in [6, 6.07) is 6.88. The van der Waals surface area contributed by atoms with E-state index in [2.05, 4.69) is 11.9 Å². The van der Waals surface area contributed by atoms with Gasteiger partial charge in [0.05, 0.1) is 17.1 Å². The van der Waals surface area contributed by atoms with E-state index in [-0.39, 0.29) is 6.61 Å². The summed E-state index contributed by atoms with van der Waals surface area (Å²) in [5.74, 6) is -0.923. The predicted octanol–water partition coefficient (Wildman–Crippen LogP) is 2.30. The summed E-state index contributed by atoms with van der Waals surface area (Å²) in [5, 5.41) is 3.56. The fourth-order valence-corrected chi connectivity index (χ4v) is 3.49. The van der Waals surface area contributed by atoms with Crippen molar-refractivity contribution in [1.82, 2.24) is 9.13 Å². The van der Waals surface area contributed by atoms with E-state index < -0.39 is 23.1 Å². The van der Waals surface area contributed by atoms with Crippen LogP contribution in [0.3, 0.4) is 0 Å². The molecule has 3 rings (SSSR count). The van der Waals surface area contributed by atoms with Gasteiger partial charge in [-0.2, -0.15) is 0 Å². The molecule has 8 heteroatoms.